The molecule has 1 heterocycles. The molecular formula is C9H12ClF2NS. The molecule has 14 heavy (non-hydrogen) atoms. The van der Waals surface area contributed by atoms with Gasteiger partial charge in [0.15, 0.2) is 0 Å². The Hall–Kier alpha value is -0.190. The van der Waals surface area contributed by atoms with Crippen molar-refractivity contribution in [2.24, 2.45) is 0 Å². The highest BCUT2D eigenvalue weighted by molar-refractivity contribution is 7.16. The molecule has 0 aromatic carbocycles. The van der Waals surface area contributed by atoms with Crippen LogP contribution in [0, 0.1) is 0 Å². The van der Waals surface area contributed by atoms with Crippen LogP contribution in [0.15, 0.2) is 12.1 Å². The molecule has 1 aromatic heterocycles. The minimum absolute atomic E-state index is 0.336. The number of alkyl halides is 2. The van der Waals surface area contributed by atoms with E-state index in [2.05, 4.69) is 5.32 Å². The van der Waals surface area contributed by atoms with Gasteiger partial charge in [0.2, 0.25) is 0 Å². The van der Waals surface area contributed by atoms with Gasteiger partial charge in [-0.1, -0.05) is 18.5 Å². The molecule has 0 bridgehead atoms. The van der Waals surface area contributed by atoms with Crippen LogP contribution in [0.5, 0.6) is 0 Å². The van der Waals surface area contributed by atoms with Crippen LogP contribution in [-0.4, -0.2) is 19.0 Å². The Morgan fingerprint density at radius 1 is 1.50 bits per heavy atom. The van der Waals surface area contributed by atoms with E-state index >= 15 is 0 Å². The lowest BCUT2D eigenvalue weighted by atomic mass is 10.2. The van der Waals surface area contributed by atoms with Gasteiger partial charge in [-0.2, -0.15) is 0 Å². The van der Waals surface area contributed by atoms with Crippen LogP contribution in [0.2, 0.25) is 4.34 Å². The van der Waals surface area contributed by atoms with Crippen molar-refractivity contribution in [2.45, 2.75) is 25.8 Å². The molecule has 1 unspecified atom stereocenters. The van der Waals surface area contributed by atoms with Gasteiger partial charge < -0.3 is 5.32 Å². The fourth-order valence-electron chi connectivity index (χ4n) is 1.19. The third kappa shape index (κ3) is 3.52. The van der Waals surface area contributed by atoms with Crippen molar-refractivity contribution in [3.05, 3.63) is 21.3 Å². The zero-order valence-electron chi connectivity index (χ0n) is 7.77. The van der Waals surface area contributed by atoms with Crippen molar-refractivity contribution in [3.63, 3.8) is 0 Å². The predicted molar refractivity (Wildman–Crippen MR) is 56.5 cm³/mol. The molecule has 0 spiro atoms. The molecule has 1 nitrogen and oxygen atoms in total. The van der Waals surface area contributed by atoms with Crippen molar-refractivity contribution in [1.29, 1.82) is 0 Å². The second-order valence-electron chi connectivity index (χ2n) is 2.91. The quantitative estimate of drug-likeness (QED) is 0.832. The van der Waals surface area contributed by atoms with Gasteiger partial charge in [0.1, 0.15) is 0 Å². The summed E-state index contributed by atoms with van der Waals surface area (Å²) in [5.74, 6) is 0. The lowest BCUT2D eigenvalue weighted by Gasteiger charge is -2.15. The van der Waals surface area contributed by atoms with E-state index in [9.17, 15) is 8.78 Å². The molecule has 1 aromatic rings. The molecule has 0 aliphatic rings. The Labute approximate surface area is 91.1 Å². The number of halogens is 3. The van der Waals surface area contributed by atoms with Gasteiger partial charge in [0, 0.05) is 11.3 Å². The van der Waals surface area contributed by atoms with Crippen molar-refractivity contribution >= 4 is 22.9 Å². The average molecular weight is 240 g/mol. The Balaban J connectivity index is 2.55. The van der Waals surface area contributed by atoms with E-state index < -0.39 is 12.5 Å². The van der Waals surface area contributed by atoms with Gasteiger partial charge in [-0.05, 0) is 18.7 Å². The Bertz CT molecular complexity index is 278. The molecule has 0 fully saturated rings. The van der Waals surface area contributed by atoms with Gasteiger partial charge >= 0.3 is 0 Å². The van der Waals surface area contributed by atoms with Crippen LogP contribution >= 0.6 is 22.9 Å². The molecule has 1 rings (SSSR count). The van der Waals surface area contributed by atoms with Crippen LogP contribution in [0.3, 0.4) is 0 Å². The smallest absolute Gasteiger partial charge is 0.254 e. The summed E-state index contributed by atoms with van der Waals surface area (Å²) in [5, 5.41) is 2.75. The fourth-order valence-corrected chi connectivity index (χ4v) is 2.34. The maximum Gasteiger partial charge on any atom is 0.254 e. The standard InChI is InChI=1S/C9H12ClF2NS/c1-2-13-7(9(11)12)5-6-3-4-8(10)14-6/h3-4,7,9,13H,2,5H2,1H3. The maximum atomic E-state index is 12.5. The normalized spacial score (nSPS) is 13.5. The van der Waals surface area contributed by atoms with Crippen molar-refractivity contribution in [3.8, 4) is 0 Å². The van der Waals surface area contributed by atoms with Crippen LogP contribution in [0.4, 0.5) is 8.78 Å². The van der Waals surface area contributed by atoms with Crippen LogP contribution in [0.25, 0.3) is 0 Å². The molecule has 1 atom stereocenters. The predicted octanol–water partition coefficient (Wildman–Crippen LogP) is 3.19. The Morgan fingerprint density at radius 3 is 2.64 bits per heavy atom. The summed E-state index contributed by atoms with van der Waals surface area (Å²) in [7, 11) is 0. The number of thiophene rings is 1. The van der Waals surface area contributed by atoms with Crippen molar-refractivity contribution in [2.75, 3.05) is 6.54 Å². The van der Waals surface area contributed by atoms with E-state index in [1.54, 1.807) is 12.1 Å². The highest BCUT2D eigenvalue weighted by Crippen LogP contribution is 2.23. The third-order valence-electron chi connectivity index (χ3n) is 1.82. The van der Waals surface area contributed by atoms with Crippen molar-refractivity contribution < 1.29 is 8.78 Å². The van der Waals surface area contributed by atoms with E-state index in [0.717, 1.165) is 4.88 Å². The lowest BCUT2D eigenvalue weighted by molar-refractivity contribution is 0.0994. The largest absolute Gasteiger partial charge is 0.309 e. The van der Waals surface area contributed by atoms with E-state index in [4.69, 9.17) is 11.6 Å². The number of hydrogen-bond acceptors (Lipinski definition) is 2. The monoisotopic (exact) mass is 239 g/mol. The highest BCUT2D eigenvalue weighted by Gasteiger charge is 2.19. The SMILES string of the molecule is CCNC(Cc1ccc(Cl)s1)C(F)F. The summed E-state index contributed by atoms with van der Waals surface area (Å²) in [6, 6.07) is 2.75. The second-order valence-corrected chi connectivity index (χ2v) is 4.71. The number of nitrogens with one attached hydrogen (secondary N) is 1. The summed E-state index contributed by atoms with van der Waals surface area (Å²) in [4.78, 5) is 0.890. The summed E-state index contributed by atoms with van der Waals surface area (Å²) in [5.41, 5.74) is 0. The number of likely N-dealkylation sites (N-methyl/N-ethyl adjacent to an activating group) is 1. The maximum absolute atomic E-state index is 12.5. The molecule has 0 saturated carbocycles. The zero-order valence-corrected chi connectivity index (χ0v) is 9.34. The van der Waals surface area contributed by atoms with Gasteiger partial charge in [0.05, 0.1) is 10.4 Å². The summed E-state index contributed by atoms with van der Waals surface area (Å²) >= 11 is 7.06. The lowest BCUT2D eigenvalue weighted by Crippen LogP contribution is -2.37. The molecule has 0 aliphatic carbocycles. The van der Waals surface area contributed by atoms with E-state index in [1.807, 2.05) is 6.92 Å². The van der Waals surface area contributed by atoms with Crippen LogP contribution in [-0.2, 0) is 6.42 Å². The van der Waals surface area contributed by atoms with Gasteiger partial charge in [-0.25, -0.2) is 8.78 Å². The number of rotatable bonds is 5. The van der Waals surface area contributed by atoms with Crippen LogP contribution < -0.4 is 5.32 Å². The van der Waals surface area contributed by atoms with E-state index in [1.165, 1.54) is 11.3 Å². The molecule has 80 valence electrons. The first-order chi connectivity index (χ1) is 6.63. The highest BCUT2D eigenvalue weighted by atomic mass is 35.5. The topological polar surface area (TPSA) is 12.0 Å². The molecule has 0 saturated heterocycles. The average Bonchev–Trinajstić information content (AvgIpc) is 2.50. The summed E-state index contributed by atoms with van der Waals surface area (Å²) in [6.45, 7) is 2.37. The molecule has 0 amide bonds. The fraction of sp³-hybridized carbons (Fsp3) is 0.556. The second kappa shape index (κ2) is 5.63. The third-order valence-corrected chi connectivity index (χ3v) is 3.07. The van der Waals surface area contributed by atoms with Gasteiger partial charge in [0.25, 0.3) is 6.43 Å². The molecule has 0 radical (unpaired) electrons. The Morgan fingerprint density at radius 2 is 2.21 bits per heavy atom. The van der Waals surface area contributed by atoms with Gasteiger partial charge in [-0.3, -0.25) is 0 Å². The van der Waals surface area contributed by atoms with E-state index in [0.29, 0.717) is 17.3 Å². The van der Waals surface area contributed by atoms with E-state index in [-0.39, 0.29) is 0 Å². The first-order valence-electron chi connectivity index (χ1n) is 4.39. The zero-order chi connectivity index (χ0) is 10.6. The molecule has 0 aliphatic heterocycles. The van der Waals surface area contributed by atoms with Crippen LogP contribution in [0.1, 0.15) is 11.8 Å². The van der Waals surface area contributed by atoms with Gasteiger partial charge in [-0.15, -0.1) is 11.3 Å². The molecular weight excluding hydrogens is 228 g/mol. The first-order valence-corrected chi connectivity index (χ1v) is 5.58. The summed E-state index contributed by atoms with van der Waals surface area (Å²) < 4.78 is 25.6. The minimum atomic E-state index is -2.34. The Kier molecular flexibility index (Phi) is 4.78. The first kappa shape index (κ1) is 11.9. The number of hydrogen-bond donors (Lipinski definition) is 1. The minimum Gasteiger partial charge on any atom is -0.309 e. The molecule has 1 N–H and O–H groups in total. The van der Waals surface area contributed by atoms with Crippen molar-refractivity contribution in [1.82, 2.24) is 5.32 Å². The summed E-state index contributed by atoms with van der Waals surface area (Å²) in [6.07, 6.45) is -2.00. The molecule has 5 heteroatoms.